The molecule has 1 aromatic rings. The fourth-order valence-electron chi connectivity index (χ4n) is 4.96. The summed E-state index contributed by atoms with van der Waals surface area (Å²) in [5.74, 6) is 1.35. The smallest absolute Gasteiger partial charge is 0.286 e. The number of hydrogen-bond donors (Lipinski definition) is 2. The first-order valence-corrected chi connectivity index (χ1v) is 9.95. The third-order valence-electron chi connectivity index (χ3n) is 6.17. The summed E-state index contributed by atoms with van der Waals surface area (Å²) in [5.41, 5.74) is -0.136. The standard InChI is InChI=1S/C20H29N3O4/c1-13(2)8-21-18(24)11-23-10-15-14(16-5-6-20(15,12-23)27-16)9-22-19(25)17-4-3-7-26-17/h3-4,7,13-16H,5-6,8-12H2,1-2H3,(H,21,24)(H,22,25)/t14-,15+,16+,20+/m0/s1. The Bertz CT molecular complexity index is 689. The second kappa shape index (κ2) is 7.28. The van der Waals surface area contributed by atoms with Crippen LogP contribution in [0, 0.1) is 17.8 Å². The van der Waals surface area contributed by atoms with Gasteiger partial charge in [-0.25, -0.2) is 0 Å². The maximum Gasteiger partial charge on any atom is 0.286 e. The second-order valence-corrected chi connectivity index (χ2v) is 8.58. The maximum absolute atomic E-state index is 12.2. The van der Waals surface area contributed by atoms with Crippen LogP contribution in [0.1, 0.15) is 37.2 Å². The Hall–Kier alpha value is -1.86. The molecule has 3 fully saturated rings. The molecule has 3 saturated heterocycles. The van der Waals surface area contributed by atoms with Gasteiger partial charge in [0.2, 0.25) is 5.91 Å². The molecule has 0 unspecified atom stereocenters. The normalized spacial score (nSPS) is 32.0. The van der Waals surface area contributed by atoms with E-state index >= 15 is 0 Å². The van der Waals surface area contributed by atoms with Gasteiger partial charge in [0.25, 0.3) is 5.91 Å². The number of nitrogens with one attached hydrogen (secondary N) is 2. The van der Waals surface area contributed by atoms with Gasteiger partial charge >= 0.3 is 0 Å². The number of carbonyl (C=O) groups is 2. The number of carbonyl (C=O) groups excluding carboxylic acids is 2. The Morgan fingerprint density at radius 1 is 1.37 bits per heavy atom. The lowest BCUT2D eigenvalue weighted by Gasteiger charge is -2.29. The largest absolute Gasteiger partial charge is 0.459 e. The van der Waals surface area contributed by atoms with Crippen molar-refractivity contribution in [3.63, 3.8) is 0 Å². The molecule has 4 heterocycles. The minimum Gasteiger partial charge on any atom is -0.459 e. The summed E-state index contributed by atoms with van der Waals surface area (Å²) >= 11 is 0. The summed E-state index contributed by atoms with van der Waals surface area (Å²) in [5, 5.41) is 5.99. The van der Waals surface area contributed by atoms with Crippen molar-refractivity contribution in [2.75, 3.05) is 32.7 Å². The minimum absolute atomic E-state index is 0.0808. The van der Waals surface area contributed by atoms with E-state index in [4.69, 9.17) is 9.15 Å². The zero-order valence-electron chi connectivity index (χ0n) is 16.1. The van der Waals surface area contributed by atoms with E-state index in [2.05, 4.69) is 29.4 Å². The molecule has 4 rings (SSSR count). The number of fused-ring (bicyclic) bond motifs is 1. The van der Waals surface area contributed by atoms with Gasteiger partial charge in [-0.1, -0.05) is 13.8 Å². The van der Waals surface area contributed by atoms with Gasteiger partial charge in [0.05, 0.1) is 24.5 Å². The lowest BCUT2D eigenvalue weighted by atomic mass is 9.73. The highest BCUT2D eigenvalue weighted by Gasteiger charge is 2.62. The van der Waals surface area contributed by atoms with Crippen LogP contribution in [0.5, 0.6) is 0 Å². The summed E-state index contributed by atoms with van der Waals surface area (Å²) < 4.78 is 11.5. The van der Waals surface area contributed by atoms with E-state index in [-0.39, 0.29) is 23.5 Å². The summed E-state index contributed by atoms with van der Waals surface area (Å²) in [4.78, 5) is 26.6. The summed E-state index contributed by atoms with van der Waals surface area (Å²) in [6.07, 6.45) is 3.80. The molecule has 2 N–H and O–H groups in total. The van der Waals surface area contributed by atoms with E-state index in [1.54, 1.807) is 12.1 Å². The first-order valence-electron chi connectivity index (χ1n) is 9.95. The summed E-state index contributed by atoms with van der Waals surface area (Å²) in [7, 11) is 0. The van der Waals surface area contributed by atoms with E-state index < -0.39 is 0 Å². The predicted octanol–water partition coefficient (Wildman–Crippen LogP) is 1.26. The summed E-state index contributed by atoms with van der Waals surface area (Å²) in [6, 6.07) is 3.38. The van der Waals surface area contributed by atoms with E-state index in [0.717, 1.165) is 25.9 Å². The van der Waals surface area contributed by atoms with Gasteiger partial charge in [-0.05, 0) is 30.9 Å². The lowest BCUT2D eigenvalue weighted by molar-refractivity contribution is -0.122. The number of hydrogen-bond acceptors (Lipinski definition) is 5. The maximum atomic E-state index is 12.2. The number of nitrogens with zero attached hydrogens (tertiary/aromatic N) is 1. The van der Waals surface area contributed by atoms with Crippen molar-refractivity contribution in [3.8, 4) is 0 Å². The first kappa shape index (κ1) is 18.5. The highest BCUT2D eigenvalue weighted by molar-refractivity contribution is 5.91. The third-order valence-corrected chi connectivity index (χ3v) is 6.17. The molecule has 148 valence electrons. The predicted molar refractivity (Wildman–Crippen MR) is 99.1 cm³/mol. The fraction of sp³-hybridized carbons (Fsp3) is 0.700. The minimum atomic E-state index is -0.181. The zero-order chi connectivity index (χ0) is 19.0. The molecule has 2 bridgehead atoms. The number of ether oxygens (including phenoxy) is 1. The Labute approximate surface area is 159 Å². The molecule has 1 spiro atoms. The van der Waals surface area contributed by atoms with Crippen LogP contribution < -0.4 is 10.6 Å². The van der Waals surface area contributed by atoms with Crippen LogP contribution in [0.15, 0.2) is 22.8 Å². The molecule has 1 aromatic heterocycles. The quantitative estimate of drug-likeness (QED) is 0.750. The molecule has 0 saturated carbocycles. The monoisotopic (exact) mass is 375 g/mol. The van der Waals surface area contributed by atoms with Crippen molar-refractivity contribution >= 4 is 11.8 Å². The second-order valence-electron chi connectivity index (χ2n) is 8.58. The number of likely N-dealkylation sites (tertiary alicyclic amines) is 1. The fourth-order valence-corrected chi connectivity index (χ4v) is 4.96. The molecule has 7 nitrogen and oxygen atoms in total. The average molecular weight is 375 g/mol. The van der Waals surface area contributed by atoms with Crippen molar-refractivity contribution in [2.45, 2.75) is 38.4 Å². The van der Waals surface area contributed by atoms with Crippen LogP contribution in [-0.4, -0.2) is 61.1 Å². The SMILES string of the molecule is CC(C)CNC(=O)CN1C[C@@H]2[C@H](CNC(=O)c3ccco3)[C@H]3CC[C@]2(C1)O3. The van der Waals surface area contributed by atoms with Crippen LogP contribution in [0.25, 0.3) is 0 Å². The molecule has 27 heavy (non-hydrogen) atoms. The number of amides is 2. The van der Waals surface area contributed by atoms with Gasteiger partial charge in [0.15, 0.2) is 5.76 Å². The molecule has 0 radical (unpaired) electrons. The van der Waals surface area contributed by atoms with E-state index in [9.17, 15) is 9.59 Å². The number of furan rings is 1. The Morgan fingerprint density at radius 3 is 2.96 bits per heavy atom. The van der Waals surface area contributed by atoms with Crippen LogP contribution in [0.4, 0.5) is 0 Å². The third kappa shape index (κ3) is 3.62. The van der Waals surface area contributed by atoms with Gasteiger partial charge < -0.3 is 19.8 Å². The van der Waals surface area contributed by atoms with Crippen molar-refractivity contribution in [1.82, 2.24) is 15.5 Å². The molecular weight excluding hydrogens is 346 g/mol. The highest BCUT2D eigenvalue weighted by atomic mass is 16.5. The Kier molecular flexibility index (Phi) is 4.99. The molecule has 2 amide bonds. The van der Waals surface area contributed by atoms with E-state index in [1.807, 2.05) is 0 Å². The van der Waals surface area contributed by atoms with Crippen molar-refractivity contribution < 1.29 is 18.7 Å². The molecule has 4 atom stereocenters. The number of rotatable bonds is 7. The van der Waals surface area contributed by atoms with Gasteiger partial charge in [0.1, 0.15) is 0 Å². The van der Waals surface area contributed by atoms with E-state index in [0.29, 0.717) is 43.1 Å². The van der Waals surface area contributed by atoms with Crippen molar-refractivity contribution in [1.29, 1.82) is 0 Å². The van der Waals surface area contributed by atoms with Crippen molar-refractivity contribution in [2.24, 2.45) is 17.8 Å². The molecule has 3 aliphatic rings. The Morgan fingerprint density at radius 2 is 2.22 bits per heavy atom. The Balaban J connectivity index is 1.33. The van der Waals surface area contributed by atoms with Gasteiger partial charge in [-0.15, -0.1) is 0 Å². The first-order chi connectivity index (χ1) is 13.0. The van der Waals surface area contributed by atoms with Crippen LogP contribution in [-0.2, 0) is 9.53 Å². The molecule has 0 aliphatic carbocycles. The highest BCUT2D eigenvalue weighted by Crippen LogP contribution is 2.54. The topological polar surface area (TPSA) is 83.8 Å². The molecular formula is C20H29N3O4. The molecule has 3 aliphatic heterocycles. The van der Waals surface area contributed by atoms with Crippen molar-refractivity contribution in [3.05, 3.63) is 24.2 Å². The van der Waals surface area contributed by atoms with E-state index in [1.165, 1.54) is 6.26 Å². The lowest BCUT2D eigenvalue weighted by Crippen LogP contribution is -2.41. The van der Waals surface area contributed by atoms with Gasteiger partial charge in [-0.3, -0.25) is 14.5 Å². The average Bonchev–Trinajstić information content (AvgIpc) is 3.38. The molecule has 7 heteroatoms. The molecule has 0 aromatic carbocycles. The zero-order valence-corrected chi connectivity index (χ0v) is 16.1. The van der Waals surface area contributed by atoms with Crippen LogP contribution in [0.3, 0.4) is 0 Å². The van der Waals surface area contributed by atoms with Gasteiger partial charge in [0, 0.05) is 38.0 Å². The van der Waals surface area contributed by atoms with Crippen LogP contribution >= 0.6 is 0 Å². The van der Waals surface area contributed by atoms with Gasteiger partial charge in [-0.2, -0.15) is 0 Å². The summed E-state index contributed by atoms with van der Waals surface area (Å²) in [6.45, 7) is 7.57. The van der Waals surface area contributed by atoms with Crippen LogP contribution in [0.2, 0.25) is 0 Å².